The van der Waals surface area contributed by atoms with Crippen LogP contribution in [0.1, 0.15) is 28.4 Å². The summed E-state index contributed by atoms with van der Waals surface area (Å²) in [7, 11) is 0. The van der Waals surface area contributed by atoms with E-state index in [9.17, 15) is 4.79 Å². The molecule has 1 heterocycles. The van der Waals surface area contributed by atoms with Crippen molar-refractivity contribution in [2.24, 2.45) is 5.10 Å². The zero-order chi connectivity index (χ0) is 30.2. The van der Waals surface area contributed by atoms with Gasteiger partial charge in [0.15, 0.2) is 16.6 Å². The van der Waals surface area contributed by atoms with Gasteiger partial charge in [-0.25, -0.2) is 10.4 Å². The van der Waals surface area contributed by atoms with E-state index in [1.54, 1.807) is 24.4 Å². The molecule has 0 saturated carbocycles. The number of carbonyl (C=O) groups excluding carboxylic acids is 1. The summed E-state index contributed by atoms with van der Waals surface area (Å²) < 4.78 is 12.5. The zero-order valence-corrected chi connectivity index (χ0v) is 26.7. The highest BCUT2D eigenvalue weighted by atomic mass is 79.9. The number of hydrazone groups is 1. The van der Waals surface area contributed by atoms with Crippen LogP contribution in [-0.4, -0.2) is 23.7 Å². The van der Waals surface area contributed by atoms with Gasteiger partial charge >= 0.3 is 0 Å². The van der Waals surface area contributed by atoms with Crippen molar-refractivity contribution < 1.29 is 14.3 Å². The molecule has 0 atom stereocenters. The van der Waals surface area contributed by atoms with E-state index in [0.717, 1.165) is 27.6 Å². The number of hydrogen-bond acceptors (Lipinski definition) is 7. The van der Waals surface area contributed by atoms with Crippen LogP contribution in [0.5, 0.6) is 11.5 Å². The number of amides is 1. The Morgan fingerprint density at radius 1 is 1.02 bits per heavy atom. The Bertz CT molecular complexity index is 1750. The molecule has 2 N–H and O–H groups in total. The van der Waals surface area contributed by atoms with Gasteiger partial charge in [-0.1, -0.05) is 53.5 Å². The molecule has 0 radical (unpaired) electrons. The standard InChI is InChI=1S/C32H25BrCl2N4O3S/c1-2-41-29-16-20(15-26(33)30(29)42-18-23-5-3-4-6-27(23)35)17-36-39-31(40)22-9-7-21(8-10-22)28-19-43-32(38-28)37-25-13-11-24(34)12-14-25/h3-17,19H,2,18H2,1H3,(H,37,38)(H,39,40)/b36-17-. The van der Waals surface area contributed by atoms with Gasteiger partial charge in [-0.15, -0.1) is 11.3 Å². The van der Waals surface area contributed by atoms with E-state index in [-0.39, 0.29) is 12.5 Å². The van der Waals surface area contributed by atoms with Crippen molar-refractivity contribution >= 4 is 73.4 Å². The molecule has 0 unspecified atom stereocenters. The predicted molar refractivity (Wildman–Crippen MR) is 178 cm³/mol. The Hall–Kier alpha value is -3.89. The average Bonchev–Trinajstić information content (AvgIpc) is 3.47. The molecule has 43 heavy (non-hydrogen) atoms. The number of rotatable bonds is 11. The third kappa shape index (κ3) is 8.14. The molecule has 0 bridgehead atoms. The van der Waals surface area contributed by atoms with Crippen LogP contribution < -0.4 is 20.2 Å². The molecule has 5 aromatic rings. The van der Waals surface area contributed by atoms with Crippen LogP contribution in [0.15, 0.2) is 99.9 Å². The Morgan fingerprint density at radius 3 is 2.53 bits per heavy atom. The van der Waals surface area contributed by atoms with Gasteiger partial charge in [-0.3, -0.25) is 4.79 Å². The summed E-state index contributed by atoms with van der Waals surface area (Å²) in [6.45, 7) is 2.62. The van der Waals surface area contributed by atoms with Crippen LogP contribution >= 0.6 is 50.5 Å². The van der Waals surface area contributed by atoms with Gasteiger partial charge in [0.25, 0.3) is 5.91 Å². The SMILES string of the molecule is CCOc1cc(/C=N\NC(=O)c2ccc(-c3csc(Nc4ccc(Cl)cc4)n3)cc2)cc(Br)c1OCc1ccccc1Cl. The number of halogens is 3. The largest absolute Gasteiger partial charge is 0.490 e. The van der Waals surface area contributed by atoms with E-state index < -0.39 is 0 Å². The molecule has 0 spiro atoms. The summed E-state index contributed by atoms with van der Waals surface area (Å²) in [5, 5.41) is 11.4. The molecule has 1 amide bonds. The van der Waals surface area contributed by atoms with Crippen molar-refractivity contribution in [1.82, 2.24) is 10.4 Å². The lowest BCUT2D eigenvalue weighted by atomic mass is 10.1. The molecule has 0 saturated heterocycles. The molecule has 0 aliphatic rings. The number of thiazole rings is 1. The Balaban J connectivity index is 1.20. The third-order valence-electron chi connectivity index (χ3n) is 6.08. The lowest BCUT2D eigenvalue weighted by Gasteiger charge is -2.15. The summed E-state index contributed by atoms with van der Waals surface area (Å²) in [6.07, 6.45) is 1.54. The lowest BCUT2D eigenvalue weighted by molar-refractivity contribution is 0.0955. The maximum atomic E-state index is 12.7. The molecule has 7 nitrogen and oxygen atoms in total. The van der Waals surface area contributed by atoms with Crippen LogP contribution in [-0.2, 0) is 6.61 Å². The molecular weight excluding hydrogens is 671 g/mol. The first-order chi connectivity index (χ1) is 20.9. The Labute approximate surface area is 271 Å². The van der Waals surface area contributed by atoms with Gasteiger partial charge in [0, 0.05) is 37.8 Å². The fourth-order valence-electron chi connectivity index (χ4n) is 3.97. The second-order valence-electron chi connectivity index (χ2n) is 9.09. The minimum atomic E-state index is -0.338. The van der Waals surface area contributed by atoms with Crippen molar-refractivity contribution in [1.29, 1.82) is 0 Å². The van der Waals surface area contributed by atoms with Gasteiger partial charge in [-0.2, -0.15) is 5.10 Å². The number of aromatic nitrogens is 1. The van der Waals surface area contributed by atoms with Crippen molar-refractivity contribution in [3.8, 4) is 22.8 Å². The molecule has 5 rings (SSSR count). The van der Waals surface area contributed by atoms with Crippen LogP contribution in [0.2, 0.25) is 10.0 Å². The Kier molecular flexibility index (Phi) is 10.3. The van der Waals surface area contributed by atoms with Crippen LogP contribution in [0.3, 0.4) is 0 Å². The molecule has 11 heteroatoms. The van der Waals surface area contributed by atoms with E-state index in [2.05, 4.69) is 36.8 Å². The summed E-state index contributed by atoms with van der Waals surface area (Å²) in [5.74, 6) is 0.756. The number of anilines is 2. The molecule has 4 aromatic carbocycles. The lowest BCUT2D eigenvalue weighted by Crippen LogP contribution is -2.17. The van der Waals surface area contributed by atoms with Gasteiger partial charge in [0.1, 0.15) is 6.61 Å². The minimum absolute atomic E-state index is 0.282. The molecule has 218 valence electrons. The summed E-state index contributed by atoms with van der Waals surface area (Å²) in [5.41, 5.74) is 7.22. The van der Waals surface area contributed by atoms with Gasteiger partial charge < -0.3 is 14.8 Å². The first-order valence-electron chi connectivity index (χ1n) is 13.1. The highest BCUT2D eigenvalue weighted by Gasteiger charge is 2.14. The van der Waals surface area contributed by atoms with Crippen LogP contribution in [0.25, 0.3) is 11.3 Å². The van der Waals surface area contributed by atoms with Crippen LogP contribution in [0, 0.1) is 0 Å². The van der Waals surface area contributed by atoms with Crippen molar-refractivity contribution in [3.63, 3.8) is 0 Å². The van der Waals surface area contributed by atoms with Gasteiger partial charge in [0.05, 0.1) is 23.0 Å². The number of hydrogen-bond donors (Lipinski definition) is 2. The number of carbonyl (C=O) groups is 1. The number of nitrogens with one attached hydrogen (secondary N) is 2. The summed E-state index contributed by atoms with van der Waals surface area (Å²) in [4.78, 5) is 17.4. The zero-order valence-electron chi connectivity index (χ0n) is 22.8. The first kappa shape index (κ1) is 30.6. The smallest absolute Gasteiger partial charge is 0.271 e. The second-order valence-corrected chi connectivity index (χ2v) is 11.6. The summed E-state index contributed by atoms with van der Waals surface area (Å²) >= 11 is 17.3. The van der Waals surface area contributed by atoms with Crippen molar-refractivity contribution in [2.75, 3.05) is 11.9 Å². The fourth-order valence-corrected chi connectivity index (χ4v) is 5.60. The fraction of sp³-hybridized carbons (Fsp3) is 0.0938. The minimum Gasteiger partial charge on any atom is -0.490 e. The average molecular weight is 696 g/mol. The number of benzene rings is 4. The van der Waals surface area contributed by atoms with E-state index in [1.165, 1.54) is 11.3 Å². The molecule has 0 fully saturated rings. The molecule has 0 aliphatic heterocycles. The molecule has 1 aromatic heterocycles. The number of nitrogens with zero attached hydrogens (tertiary/aromatic N) is 2. The molecular formula is C32H25BrCl2N4O3S. The van der Waals surface area contributed by atoms with Crippen molar-refractivity contribution in [3.05, 3.63) is 122 Å². The van der Waals surface area contributed by atoms with E-state index in [1.807, 2.05) is 79.0 Å². The van der Waals surface area contributed by atoms with Crippen LogP contribution in [0.4, 0.5) is 10.8 Å². The topological polar surface area (TPSA) is 84.8 Å². The van der Waals surface area contributed by atoms with Crippen molar-refractivity contribution in [2.45, 2.75) is 13.5 Å². The van der Waals surface area contributed by atoms with E-state index in [4.69, 9.17) is 32.7 Å². The normalized spacial score (nSPS) is 11.0. The quantitative estimate of drug-likeness (QED) is 0.106. The van der Waals surface area contributed by atoms with Gasteiger partial charge in [-0.05, 0) is 83.0 Å². The monoisotopic (exact) mass is 694 g/mol. The third-order valence-corrected chi connectivity index (χ3v) is 8.05. The first-order valence-corrected chi connectivity index (χ1v) is 15.6. The van der Waals surface area contributed by atoms with E-state index in [0.29, 0.717) is 43.8 Å². The maximum Gasteiger partial charge on any atom is 0.271 e. The maximum absolute atomic E-state index is 12.7. The number of ether oxygens (including phenoxy) is 2. The molecule has 0 aliphatic carbocycles. The summed E-state index contributed by atoms with van der Waals surface area (Å²) in [6, 6.07) is 25.7. The second kappa shape index (κ2) is 14.5. The highest BCUT2D eigenvalue weighted by molar-refractivity contribution is 9.10. The highest BCUT2D eigenvalue weighted by Crippen LogP contribution is 2.37. The van der Waals surface area contributed by atoms with Gasteiger partial charge in [0.2, 0.25) is 0 Å². The predicted octanol–water partition coefficient (Wildman–Crippen LogP) is 9.36. The van der Waals surface area contributed by atoms with E-state index >= 15 is 0 Å². The Morgan fingerprint density at radius 2 is 1.79 bits per heavy atom.